The Morgan fingerprint density at radius 1 is 0.821 bits per heavy atom. The van der Waals surface area contributed by atoms with Crippen molar-refractivity contribution < 1.29 is 19.4 Å². The summed E-state index contributed by atoms with van der Waals surface area (Å²) < 4.78 is 13.0. The van der Waals surface area contributed by atoms with Gasteiger partial charge in [0.1, 0.15) is 0 Å². The highest BCUT2D eigenvalue weighted by atomic mass is 16.7. The van der Waals surface area contributed by atoms with Gasteiger partial charge in [0.15, 0.2) is 6.29 Å². The molecule has 3 aromatic carbocycles. The molecular weight excluding hydrogens is 490 g/mol. The number of hydrogen-bond acceptors (Lipinski definition) is 6. The zero-order chi connectivity index (χ0) is 27.0. The molecule has 3 unspecified atom stereocenters. The van der Waals surface area contributed by atoms with E-state index in [2.05, 4.69) is 57.6 Å². The van der Waals surface area contributed by atoms with E-state index in [4.69, 9.17) is 9.47 Å². The number of rotatable bonds is 9. The number of carbonyl (C=O) groups is 1. The predicted molar refractivity (Wildman–Crippen MR) is 151 cm³/mol. The van der Waals surface area contributed by atoms with Gasteiger partial charge in [0.25, 0.3) is 0 Å². The lowest BCUT2D eigenvalue weighted by Crippen LogP contribution is -2.49. The monoisotopic (exact) mass is 529 g/mol. The fourth-order valence-corrected chi connectivity index (χ4v) is 5.31. The summed E-state index contributed by atoms with van der Waals surface area (Å²) in [6, 6.07) is 26.8. The third-order valence-corrected chi connectivity index (χ3v) is 7.58. The standard InChI is InChI=1S/C32H39N3O4/c1-24(37)33-20-25-7-13-29(14-8-25)32-38-30(19-31(39-32)28-11-9-27(23-36)10-12-28)22-35-17-15-34(16-18-35)21-26-5-3-2-4-6-26/h2-14,30-32,36H,15-23H2,1H3,(H,33,37). The Bertz CT molecular complexity index is 1180. The first-order valence-electron chi connectivity index (χ1n) is 13.9. The predicted octanol–water partition coefficient (Wildman–Crippen LogP) is 4.18. The average molecular weight is 530 g/mol. The number of piperazine rings is 1. The van der Waals surface area contributed by atoms with Crippen molar-refractivity contribution in [1.29, 1.82) is 0 Å². The molecule has 2 aliphatic heterocycles. The van der Waals surface area contributed by atoms with Crippen LogP contribution in [0.1, 0.15) is 53.6 Å². The summed E-state index contributed by atoms with van der Waals surface area (Å²) in [6.45, 7) is 8.04. The number of aliphatic hydroxyl groups is 1. The highest BCUT2D eigenvalue weighted by molar-refractivity contribution is 5.72. The SMILES string of the molecule is CC(=O)NCc1ccc(C2OC(CN3CCN(Cc4ccccc4)CC3)CC(c3ccc(CO)cc3)O2)cc1. The van der Waals surface area contributed by atoms with Gasteiger partial charge in [0.05, 0.1) is 18.8 Å². The Hall–Kier alpha value is -3.07. The van der Waals surface area contributed by atoms with Gasteiger partial charge in [-0.3, -0.25) is 14.6 Å². The molecule has 39 heavy (non-hydrogen) atoms. The maximum absolute atomic E-state index is 11.3. The van der Waals surface area contributed by atoms with Crippen LogP contribution in [0.4, 0.5) is 0 Å². The fourth-order valence-electron chi connectivity index (χ4n) is 5.31. The second kappa shape index (κ2) is 13.3. The number of amides is 1. The quantitative estimate of drug-likeness (QED) is 0.433. The van der Waals surface area contributed by atoms with Gasteiger partial charge >= 0.3 is 0 Å². The summed E-state index contributed by atoms with van der Waals surface area (Å²) >= 11 is 0. The molecule has 2 aliphatic rings. The molecule has 7 nitrogen and oxygen atoms in total. The molecule has 5 rings (SSSR count). The molecule has 1 amide bonds. The molecule has 7 heteroatoms. The molecule has 2 fully saturated rings. The molecule has 0 saturated carbocycles. The molecule has 0 bridgehead atoms. The lowest BCUT2D eigenvalue weighted by molar-refractivity contribution is -0.253. The third-order valence-electron chi connectivity index (χ3n) is 7.58. The smallest absolute Gasteiger partial charge is 0.217 e. The van der Waals surface area contributed by atoms with E-state index in [-0.39, 0.29) is 24.7 Å². The molecule has 3 atom stereocenters. The number of aliphatic hydroxyl groups excluding tert-OH is 1. The van der Waals surface area contributed by atoms with Gasteiger partial charge in [-0.25, -0.2) is 0 Å². The van der Waals surface area contributed by atoms with E-state index >= 15 is 0 Å². The Balaban J connectivity index is 1.24. The van der Waals surface area contributed by atoms with Gasteiger partial charge in [-0.05, 0) is 22.3 Å². The molecule has 2 heterocycles. The number of nitrogens with one attached hydrogen (secondary N) is 1. The molecule has 2 N–H and O–H groups in total. The van der Waals surface area contributed by atoms with E-state index in [1.807, 2.05) is 36.4 Å². The Labute approximate surface area is 231 Å². The number of ether oxygens (including phenoxy) is 2. The summed E-state index contributed by atoms with van der Waals surface area (Å²) in [6.07, 6.45) is 0.242. The fraction of sp³-hybridized carbons (Fsp3) is 0.406. The largest absolute Gasteiger partial charge is 0.392 e. The van der Waals surface area contributed by atoms with Gasteiger partial charge in [-0.15, -0.1) is 0 Å². The van der Waals surface area contributed by atoms with E-state index in [9.17, 15) is 9.90 Å². The van der Waals surface area contributed by atoms with Crippen LogP contribution >= 0.6 is 0 Å². The molecule has 2 saturated heterocycles. The Morgan fingerprint density at radius 3 is 2.13 bits per heavy atom. The zero-order valence-corrected chi connectivity index (χ0v) is 22.7. The summed E-state index contributed by atoms with van der Waals surface area (Å²) in [7, 11) is 0. The van der Waals surface area contributed by atoms with Crippen molar-refractivity contribution in [3.8, 4) is 0 Å². The minimum atomic E-state index is -0.472. The van der Waals surface area contributed by atoms with Crippen molar-refractivity contribution in [2.45, 2.75) is 51.5 Å². The minimum absolute atomic E-state index is 0.0290. The maximum Gasteiger partial charge on any atom is 0.217 e. The van der Waals surface area contributed by atoms with Crippen LogP contribution < -0.4 is 5.32 Å². The van der Waals surface area contributed by atoms with Crippen LogP contribution in [0, 0.1) is 0 Å². The van der Waals surface area contributed by atoms with Gasteiger partial charge < -0.3 is 19.9 Å². The molecular formula is C32H39N3O4. The second-order valence-electron chi connectivity index (χ2n) is 10.6. The van der Waals surface area contributed by atoms with Crippen LogP contribution in [-0.2, 0) is 34.0 Å². The van der Waals surface area contributed by atoms with Gasteiger partial charge in [0, 0.05) is 64.7 Å². The maximum atomic E-state index is 11.3. The zero-order valence-electron chi connectivity index (χ0n) is 22.7. The normalized spacial score (nSPS) is 22.5. The lowest BCUT2D eigenvalue weighted by Gasteiger charge is -2.40. The van der Waals surface area contributed by atoms with E-state index in [0.29, 0.717) is 6.54 Å². The van der Waals surface area contributed by atoms with Crippen molar-refractivity contribution in [2.75, 3.05) is 32.7 Å². The first kappa shape index (κ1) is 27.5. The number of hydrogen-bond donors (Lipinski definition) is 2. The van der Waals surface area contributed by atoms with E-state index in [0.717, 1.165) is 67.9 Å². The van der Waals surface area contributed by atoms with Crippen molar-refractivity contribution in [2.24, 2.45) is 0 Å². The summed E-state index contributed by atoms with van der Waals surface area (Å²) in [5.41, 5.74) is 5.35. The molecule has 206 valence electrons. The molecule has 0 aliphatic carbocycles. The lowest BCUT2D eigenvalue weighted by atomic mass is 9.99. The summed E-state index contributed by atoms with van der Waals surface area (Å²) in [4.78, 5) is 16.3. The van der Waals surface area contributed by atoms with E-state index < -0.39 is 6.29 Å². The highest BCUT2D eigenvalue weighted by Crippen LogP contribution is 2.38. The van der Waals surface area contributed by atoms with Crippen LogP contribution in [0.2, 0.25) is 0 Å². The van der Waals surface area contributed by atoms with Gasteiger partial charge in [-0.2, -0.15) is 0 Å². The number of benzene rings is 3. The van der Waals surface area contributed by atoms with Crippen molar-refractivity contribution >= 4 is 5.91 Å². The first-order valence-corrected chi connectivity index (χ1v) is 13.9. The topological polar surface area (TPSA) is 74.3 Å². The second-order valence-corrected chi connectivity index (χ2v) is 10.6. The molecule has 3 aromatic rings. The third kappa shape index (κ3) is 7.75. The first-order chi connectivity index (χ1) is 19.1. The molecule has 0 radical (unpaired) electrons. The van der Waals surface area contributed by atoms with Crippen LogP contribution in [-0.4, -0.2) is 59.6 Å². The van der Waals surface area contributed by atoms with Crippen LogP contribution in [0.5, 0.6) is 0 Å². The minimum Gasteiger partial charge on any atom is -0.392 e. The summed E-state index contributed by atoms with van der Waals surface area (Å²) in [5.74, 6) is -0.0446. The number of nitrogens with zero attached hydrogens (tertiary/aromatic N) is 2. The Kier molecular flexibility index (Phi) is 9.40. The van der Waals surface area contributed by atoms with Crippen molar-refractivity contribution in [3.05, 3.63) is 107 Å². The summed E-state index contributed by atoms with van der Waals surface area (Å²) in [5, 5.41) is 12.3. The van der Waals surface area contributed by atoms with E-state index in [1.165, 1.54) is 12.5 Å². The highest BCUT2D eigenvalue weighted by Gasteiger charge is 2.33. The van der Waals surface area contributed by atoms with Crippen LogP contribution in [0.25, 0.3) is 0 Å². The molecule has 0 aromatic heterocycles. The molecule has 0 spiro atoms. The number of carbonyl (C=O) groups excluding carboxylic acids is 1. The van der Waals surface area contributed by atoms with Crippen LogP contribution in [0.3, 0.4) is 0 Å². The van der Waals surface area contributed by atoms with Gasteiger partial charge in [0.2, 0.25) is 5.91 Å². The van der Waals surface area contributed by atoms with Gasteiger partial charge in [-0.1, -0.05) is 78.9 Å². The van der Waals surface area contributed by atoms with E-state index in [1.54, 1.807) is 0 Å². The average Bonchev–Trinajstić information content (AvgIpc) is 2.98. The Morgan fingerprint density at radius 2 is 1.46 bits per heavy atom. The van der Waals surface area contributed by atoms with Crippen LogP contribution in [0.15, 0.2) is 78.9 Å². The van der Waals surface area contributed by atoms with Crippen molar-refractivity contribution in [3.63, 3.8) is 0 Å². The van der Waals surface area contributed by atoms with Crippen molar-refractivity contribution in [1.82, 2.24) is 15.1 Å².